The average molecular weight is 250 g/mol. The van der Waals surface area contributed by atoms with Crippen molar-refractivity contribution in [2.75, 3.05) is 14.2 Å². The topological polar surface area (TPSA) is 21.3 Å². The summed E-state index contributed by atoms with van der Waals surface area (Å²) in [6.45, 7) is 0. The van der Waals surface area contributed by atoms with Crippen molar-refractivity contribution in [2.45, 2.75) is 0 Å². The van der Waals surface area contributed by atoms with Gasteiger partial charge in [0.05, 0.1) is 17.2 Å². The largest absolute Gasteiger partial charge is 0.495 e. The molecular weight excluding hydrogens is 241 g/mol. The molecule has 1 aromatic rings. The number of hydrogen-bond acceptors (Lipinski definition) is 2. The van der Waals surface area contributed by atoms with E-state index in [1.807, 2.05) is 0 Å². The second-order valence-electron chi connectivity index (χ2n) is 2.55. The Morgan fingerprint density at radius 1 is 1.36 bits per heavy atom. The third-order valence-electron chi connectivity index (χ3n) is 1.71. The molecule has 1 rings (SSSR count). The molecule has 0 aliphatic heterocycles. The number of ether oxygens (including phenoxy) is 1. The first-order valence-electron chi connectivity index (χ1n) is 3.85. The third-order valence-corrected chi connectivity index (χ3v) is 2.75. The number of benzene rings is 1. The SMILES string of the molecule is CNC(=S)c1cc(Cl)c(OC)cc1Cl. The molecule has 0 saturated heterocycles. The van der Waals surface area contributed by atoms with Gasteiger partial charge in [0.1, 0.15) is 10.7 Å². The zero-order valence-corrected chi connectivity index (χ0v) is 10.1. The number of nitrogens with one attached hydrogen (secondary N) is 1. The van der Waals surface area contributed by atoms with Gasteiger partial charge in [-0.05, 0) is 6.07 Å². The third kappa shape index (κ3) is 2.29. The van der Waals surface area contributed by atoms with Gasteiger partial charge in [0, 0.05) is 18.7 Å². The smallest absolute Gasteiger partial charge is 0.138 e. The summed E-state index contributed by atoms with van der Waals surface area (Å²) in [5.41, 5.74) is 0.704. The Morgan fingerprint density at radius 3 is 2.50 bits per heavy atom. The second kappa shape index (κ2) is 4.82. The molecule has 0 aliphatic rings. The minimum Gasteiger partial charge on any atom is -0.495 e. The lowest BCUT2D eigenvalue weighted by Gasteiger charge is -2.09. The van der Waals surface area contributed by atoms with E-state index in [4.69, 9.17) is 40.2 Å². The number of methoxy groups -OCH3 is 1. The lowest BCUT2D eigenvalue weighted by atomic mass is 10.2. The van der Waals surface area contributed by atoms with E-state index in [0.29, 0.717) is 26.3 Å². The molecule has 76 valence electrons. The molecule has 0 aromatic heterocycles. The van der Waals surface area contributed by atoms with Crippen LogP contribution >= 0.6 is 35.4 Å². The fourth-order valence-corrected chi connectivity index (χ4v) is 1.71. The molecule has 14 heavy (non-hydrogen) atoms. The molecule has 1 aromatic carbocycles. The first-order valence-corrected chi connectivity index (χ1v) is 5.01. The van der Waals surface area contributed by atoms with E-state index >= 15 is 0 Å². The quantitative estimate of drug-likeness (QED) is 0.815. The number of hydrogen-bond donors (Lipinski definition) is 1. The molecule has 2 nitrogen and oxygen atoms in total. The Morgan fingerprint density at radius 2 is 2.00 bits per heavy atom. The van der Waals surface area contributed by atoms with Crippen LogP contribution in [-0.2, 0) is 0 Å². The van der Waals surface area contributed by atoms with E-state index < -0.39 is 0 Å². The molecule has 0 unspecified atom stereocenters. The highest BCUT2D eigenvalue weighted by Crippen LogP contribution is 2.30. The zero-order chi connectivity index (χ0) is 10.7. The van der Waals surface area contributed by atoms with Crippen LogP contribution in [0.4, 0.5) is 0 Å². The van der Waals surface area contributed by atoms with Crippen molar-refractivity contribution in [1.29, 1.82) is 0 Å². The Kier molecular flexibility index (Phi) is 3.98. The lowest BCUT2D eigenvalue weighted by molar-refractivity contribution is 0.415. The van der Waals surface area contributed by atoms with Gasteiger partial charge in [-0.2, -0.15) is 0 Å². The van der Waals surface area contributed by atoms with Crippen LogP contribution in [0.1, 0.15) is 5.56 Å². The molecule has 0 atom stereocenters. The van der Waals surface area contributed by atoms with Crippen molar-refractivity contribution < 1.29 is 4.74 Å². The molecule has 0 bridgehead atoms. The van der Waals surface area contributed by atoms with Crippen LogP contribution < -0.4 is 10.1 Å². The standard InChI is InChI=1S/C9H9Cl2NOS/c1-12-9(14)5-3-7(11)8(13-2)4-6(5)10/h3-4H,1-2H3,(H,12,14). The van der Waals surface area contributed by atoms with Gasteiger partial charge in [-0.3, -0.25) is 0 Å². The molecular formula is C9H9Cl2NOS. The summed E-state index contributed by atoms with van der Waals surface area (Å²) in [5, 5.41) is 3.84. The minimum atomic E-state index is 0.490. The molecule has 0 spiro atoms. The number of rotatable bonds is 2. The van der Waals surface area contributed by atoms with E-state index in [9.17, 15) is 0 Å². The fourth-order valence-electron chi connectivity index (χ4n) is 0.994. The molecule has 1 N–H and O–H groups in total. The monoisotopic (exact) mass is 249 g/mol. The first kappa shape index (κ1) is 11.6. The summed E-state index contributed by atoms with van der Waals surface area (Å²) in [4.78, 5) is 0.555. The molecule has 0 amide bonds. The van der Waals surface area contributed by atoms with Crippen LogP contribution in [-0.4, -0.2) is 19.1 Å². The number of thiocarbonyl (C=S) groups is 1. The van der Waals surface area contributed by atoms with Crippen molar-refractivity contribution in [1.82, 2.24) is 5.32 Å². The summed E-state index contributed by atoms with van der Waals surface area (Å²) >= 11 is 17.0. The summed E-state index contributed by atoms with van der Waals surface area (Å²) in [7, 11) is 3.27. The normalized spacial score (nSPS) is 9.71. The Hall–Kier alpha value is -0.510. The summed E-state index contributed by atoms with van der Waals surface area (Å²) in [6, 6.07) is 3.32. The molecule has 5 heteroatoms. The van der Waals surface area contributed by atoms with Crippen LogP contribution in [0.3, 0.4) is 0 Å². The van der Waals surface area contributed by atoms with Crippen molar-refractivity contribution in [3.05, 3.63) is 27.7 Å². The van der Waals surface area contributed by atoms with Crippen LogP contribution in [0.2, 0.25) is 10.0 Å². The summed E-state index contributed by atoms with van der Waals surface area (Å²) in [5.74, 6) is 0.541. The van der Waals surface area contributed by atoms with E-state index in [-0.39, 0.29) is 0 Å². The molecule has 0 aliphatic carbocycles. The van der Waals surface area contributed by atoms with Gasteiger partial charge in [-0.25, -0.2) is 0 Å². The molecule has 0 fully saturated rings. The minimum absolute atomic E-state index is 0.490. The fraction of sp³-hybridized carbons (Fsp3) is 0.222. The predicted molar refractivity (Wildman–Crippen MR) is 63.8 cm³/mol. The lowest BCUT2D eigenvalue weighted by Crippen LogP contribution is -2.16. The number of halogens is 2. The van der Waals surface area contributed by atoms with Gasteiger partial charge in [0.2, 0.25) is 0 Å². The predicted octanol–water partition coefficient (Wildman–Crippen LogP) is 2.90. The van der Waals surface area contributed by atoms with Crippen molar-refractivity contribution in [3.63, 3.8) is 0 Å². The van der Waals surface area contributed by atoms with Gasteiger partial charge in [-0.15, -0.1) is 0 Å². The highest BCUT2D eigenvalue weighted by atomic mass is 35.5. The van der Waals surface area contributed by atoms with E-state index in [1.54, 1.807) is 19.2 Å². The Bertz CT molecular complexity index is 368. The van der Waals surface area contributed by atoms with Crippen molar-refractivity contribution in [2.24, 2.45) is 0 Å². The van der Waals surface area contributed by atoms with Gasteiger partial charge in [-0.1, -0.05) is 35.4 Å². The average Bonchev–Trinajstić information content (AvgIpc) is 2.19. The van der Waals surface area contributed by atoms with Gasteiger partial charge in [0.15, 0.2) is 0 Å². The van der Waals surface area contributed by atoms with Crippen LogP contribution in [0.5, 0.6) is 5.75 Å². The van der Waals surface area contributed by atoms with Crippen LogP contribution in [0.25, 0.3) is 0 Å². The van der Waals surface area contributed by atoms with Crippen LogP contribution in [0, 0.1) is 0 Å². The van der Waals surface area contributed by atoms with Gasteiger partial charge >= 0.3 is 0 Å². The van der Waals surface area contributed by atoms with Crippen molar-refractivity contribution >= 4 is 40.4 Å². The van der Waals surface area contributed by atoms with E-state index in [2.05, 4.69) is 5.32 Å². The highest BCUT2D eigenvalue weighted by molar-refractivity contribution is 7.80. The van der Waals surface area contributed by atoms with Crippen LogP contribution in [0.15, 0.2) is 12.1 Å². The maximum absolute atomic E-state index is 5.99. The molecule has 0 radical (unpaired) electrons. The van der Waals surface area contributed by atoms with Gasteiger partial charge < -0.3 is 10.1 Å². The highest BCUT2D eigenvalue weighted by Gasteiger charge is 2.10. The van der Waals surface area contributed by atoms with E-state index in [1.165, 1.54) is 7.11 Å². The first-order chi connectivity index (χ1) is 6.60. The second-order valence-corrected chi connectivity index (χ2v) is 3.77. The zero-order valence-electron chi connectivity index (χ0n) is 7.73. The maximum atomic E-state index is 5.99. The summed E-state index contributed by atoms with van der Waals surface area (Å²) < 4.78 is 5.01. The Labute approximate surface area is 98.2 Å². The summed E-state index contributed by atoms with van der Waals surface area (Å²) in [6.07, 6.45) is 0. The molecule has 0 saturated carbocycles. The van der Waals surface area contributed by atoms with Gasteiger partial charge in [0.25, 0.3) is 0 Å². The Balaban J connectivity index is 3.21. The maximum Gasteiger partial charge on any atom is 0.138 e. The van der Waals surface area contributed by atoms with Crippen molar-refractivity contribution in [3.8, 4) is 5.75 Å². The van der Waals surface area contributed by atoms with E-state index in [0.717, 1.165) is 0 Å². The molecule has 0 heterocycles.